The van der Waals surface area contributed by atoms with Gasteiger partial charge in [-0.05, 0) is 39.2 Å². The molecule has 17 heavy (non-hydrogen) atoms. The van der Waals surface area contributed by atoms with E-state index >= 15 is 0 Å². The van der Waals surface area contributed by atoms with Gasteiger partial charge in [-0.2, -0.15) is 0 Å². The Morgan fingerprint density at radius 2 is 2.12 bits per heavy atom. The third-order valence-electron chi connectivity index (χ3n) is 3.51. The smallest absolute Gasteiger partial charge is 0.234 e. The number of nitrogens with zero attached hydrogens (tertiary/aromatic N) is 1. The van der Waals surface area contributed by atoms with Gasteiger partial charge in [-0.15, -0.1) is 0 Å². The van der Waals surface area contributed by atoms with Crippen LogP contribution in [0.15, 0.2) is 0 Å². The van der Waals surface area contributed by atoms with E-state index in [1.807, 2.05) is 18.7 Å². The van der Waals surface area contributed by atoms with Crippen molar-refractivity contribution in [3.63, 3.8) is 0 Å². The molecular weight excluding hydrogens is 216 g/mol. The number of likely N-dealkylation sites (tertiary alicyclic amines) is 1. The summed E-state index contributed by atoms with van der Waals surface area (Å²) < 4.78 is 0. The van der Waals surface area contributed by atoms with Crippen LogP contribution in [0.4, 0.5) is 0 Å². The Kier molecular flexibility index (Phi) is 4.95. The number of hydrogen-bond acceptors (Lipinski definition) is 3. The number of nitrogens with one attached hydrogen (secondary N) is 1. The van der Waals surface area contributed by atoms with Crippen LogP contribution < -0.4 is 5.32 Å². The van der Waals surface area contributed by atoms with Gasteiger partial charge in [-0.1, -0.05) is 13.8 Å². The largest absolute Gasteiger partial charge is 0.389 e. The number of piperidine rings is 1. The van der Waals surface area contributed by atoms with Gasteiger partial charge in [0.15, 0.2) is 0 Å². The fourth-order valence-corrected chi connectivity index (χ4v) is 2.13. The molecule has 2 atom stereocenters. The Labute approximate surface area is 104 Å². The summed E-state index contributed by atoms with van der Waals surface area (Å²) in [5, 5.41) is 12.9. The van der Waals surface area contributed by atoms with Crippen molar-refractivity contribution in [3.05, 3.63) is 0 Å². The van der Waals surface area contributed by atoms with Crippen LogP contribution in [0.5, 0.6) is 0 Å². The highest BCUT2D eigenvalue weighted by Gasteiger charge is 2.29. The van der Waals surface area contributed by atoms with Crippen molar-refractivity contribution < 1.29 is 9.90 Å². The molecule has 1 aliphatic rings. The number of β-amino-alcohol motifs (C(OH)–C–C–N with tert-alkyl or cyclic N) is 1. The van der Waals surface area contributed by atoms with Crippen molar-refractivity contribution >= 4 is 5.91 Å². The van der Waals surface area contributed by atoms with Gasteiger partial charge in [0.1, 0.15) is 0 Å². The van der Waals surface area contributed by atoms with Gasteiger partial charge in [-0.25, -0.2) is 0 Å². The molecule has 1 rings (SSSR count). The first-order valence-electron chi connectivity index (χ1n) is 6.54. The molecule has 1 amide bonds. The average Bonchev–Trinajstić information content (AvgIpc) is 2.15. The predicted molar refractivity (Wildman–Crippen MR) is 68.7 cm³/mol. The first-order chi connectivity index (χ1) is 7.80. The molecule has 0 spiro atoms. The van der Waals surface area contributed by atoms with Gasteiger partial charge < -0.3 is 10.4 Å². The lowest BCUT2D eigenvalue weighted by molar-refractivity contribution is -0.124. The highest BCUT2D eigenvalue weighted by molar-refractivity contribution is 5.78. The molecular formula is C13H26N2O2. The van der Waals surface area contributed by atoms with E-state index in [0.29, 0.717) is 19.0 Å². The topological polar surface area (TPSA) is 52.6 Å². The second-order valence-electron chi connectivity index (χ2n) is 5.91. The summed E-state index contributed by atoms with van der Waals surface area (Å²) in [6.45, 7) is 9.94. The first kappa shape index (κ1) is 14.5. The molecule has 0 aromatic carbocycles. The summed E-state index contributed by atoms with van der Waals surface area (Å²) in [4.78, 5) is 13.8. The molecule has 2 N–H and O–H groups in total. The maximum absolute atomic E-state index is 11.8. The quantitative estimate of drug-likeness (QED) is 0.773. The lowest BCUT2D eigenvalue weighted by Crippen LogP contribution is -2.50. The lowest BCUT2D eigenvalue weighted by Gasteiger charge is -2.36. The fraction of sp³-hybridized carbons (Fsp3) is 0.923. The van der Waals surface area contributed by atoms with E-state index < -0.39 is 5.60 Å². The summed E-state index contributed by atoms with van der Waals surface area (Å²) in [6, 6.07) is 0.202. The van der Waals surface area contributed by atoms with E-state index in [1.165, 1.54) is 0 Å². The van der Waals surface area contributed by atoms with Crippen molar-refractivity contribution in [1.82, 2.24) is 10.2 Å². The van der Waals surface area contributed by atoms with E-state index in [-0.39, 0.29) is 11.9 Å². The fourth-order valence-electron chi connectivity index (χ4n) is 2.13. The van der Waals surface area contributed by atoms with Crippen molar-refractivity contribution in [1.29, 1.82) is 0 Å². The molecule has 0 saturated carbocycles. The van der Waals surface area contributed by atoms with Crippen LogP contribution in [-0.4, -0.2) is 47.2 Å². The number of carbonyl (C=O) groups excluding carboxylic acids is 1. The Morgan fingerprint density at radius 3 is 2.65 bits per heavy atom. The SMILES string of the molecule is CC(C)C(C)NC(=O)CN1CCCC(C)(O)C1. The van der Waals surface area contributed by atoms with E-state index in [9.17, 15) is 9.90 Å². The normalized spacial score (nSPS) is 28.1. The molecule has 2 unspecified atom stereocenters. The molecule has 1 fully saturated rings. The summed E-state index contributed by atoms with van der Waals surface area (Å²) in [5.41, 5.74) is -0.637. The minimum absolute atomic E-state index is 0.0592. The number of carbonyl (C=O) groups is 1. The van der Waals surface area contributed by atoms with Gasteiger partial charge in [0.05, 0.1) is 12.1 Å². The summed E-state index contributed by atoms with van der Waals surface area (Å²) in [5.74, 6) is 0.507. The van der Waals surface area contributed by atoms with Crippen molar-refractivity contribution in [2.75, 3.05) is 19.6 Å². The highest BCUT2D eigenvalue weighted by Crippen LogP contribution is 2.19. The molecule has 1 aliphatic heterocycles. The Morgan fingerprint density at radius 1 is 1.47 bits per heavy atom. The zero-order chi connectivity index (χ0) is 13.1. The van der Waals surface area contributed by atoms with Crippen LogP contribution in [0.3, 0.4) is 0 Å². The molecule has 0 radical (unpaired) electrons. The number of hydrogen-bond donors (Lipinski definition) is 2. The molecule has 4 heteroatoms. The van der Waals surface area contributed by atoms with Gasteiger partial charge >= 0.3 is 0 Å². The van der Waals surface area contributed by atoms with Gasteiger partial charge in [0, 0.05) is 12.6 Å². The van der Waals surface area contributed by atoms with Gasteiger partial charge in [0.25, 0.3) is 0 Å². The molecule has 4 nitrogen and oxygen atoms in total. The molecule has 0 aromatic heterocycles. The van der Waals surface area contributed by atoms with E-state index in [2.05, 4.69) is 19.2 Å². The summed E-state index contributed by atoms with van der Waals surface area (Å²) in [7, 11) is 0. The Balaban J connectivity index is 2.36. The zero-order valence-corrected chi connectivity index (χ0v) is 11.5. The maximum Gasteiger partial charge on any atom is 0.234 e. The van der Waals surface area contributed by atoms with E-state index in [1.54, 1.807) is 0 Å². The number of amides is 1. The Hall–Kier alpha value is -0.610. The predicted octanol–water partition coefficient (Wildman–Crippen LogP) is 0.994. The minimum atomic E-state index is -0.637. The second kappa shape index (κ2) is 5.83. The van der Waals surface area contributed by atoms with Crippen molar-refractivity contribution in [2.45, 2.75) is 52.2 Å². The number of aliphatic hydroxyl groups is 1. The van der Waals surface area contributed by atoms with Crippen LogP contribution >= 0.6 is 0 Å². The summed E-state index contributed by atoms with van der Waals surface area (Å²) in [6.07, 6.45) is 1.79. The molecule has 0 bridgehead atoms. The van der Waals surface area contributed by atoms with Crippen LogP contribution in [0, 0.1) is 5.92 Å². The molecule has 0 aromatic rings. The Bertz CT molecular complexity index is 264. The van der Waals surface area contributed by atoms with Crippen molar-refractivity contribution in [2.24, 2.45) is 5.92 Å². The lowest BCUT2D eigenvalue weighted by atomic mass is 9.95. The average molecular weight is 242 g/mol. The van der Waals surface area contributed by atoms with Crippen LogP contribution in [0.2, 0.25) is 0 Å². The van der Waals surface area contributed by atoms with Crippen molar-refractivity contribution in [3.8, 4) is 0 Å². The standard InChI is InChI=1S/C13H26N2O2/c1-10(2)11(3)14-12(16)8-15-7-5-6-13(4,17)9-15/h10-11,17H,5-9H2,1-4H3,(H,14,16). The molecule has 0 aliphatic carbocycles. The first-order valence-corrected chi connectivity index (χ1v) is 6.54. The van der Waals surface area contributed by atoms with E-state index in [4.69, 9.17) is 0 Å². The third-order valence-corrected chi connectivity index (χ3v) is 3.51. The summed E-state index contributed by atoms with van der Waals surface area (Å²) >= 11 is 0. The number of rotatable bonds is 4. The van der Waals surface area contributed by atoms with Crippen LogP contribution in [0.1, 0.15) is 40.5 Å². The molecule has 100 valence electrons. The van der Waals surface area contributed by atoms with E-state index in [0.717, 1.165) is 19.4 Å². The zero-order valence-electron chi connectivity index (χ0n) is 11.5. The maximum atomic E-state index is 11.8. The molecule has 1 saturated heterocycles. The minimum Gasteiger partial charge on any atom is -0.389 e. The van der Waals surface area contributed by atoms with Gasteiger partial charge in [-0.3, -0.25) is 9.69 Å². The highest BCUT2D eigenvalue weighted by atomic mass is 16.3. The van der Waals surface area contributed by atoms with Crippen LogP contribution in [-0.2, 0) is 4.79 Å². The molecule has 1 heterocycles. The third kappa shape index (κ3) is 5.04. The second-order valence-corrected chi connectivity index (χ2v) is 5.91. The van der Waals surface area contributed by atoms with Gasteiger partial charge in [0.2, 0.25) is 5.91 Å². The monoisotopic (exact) mass is 242 g/mol. The van der Waals surface area contributed by atoms with Crippen LogP contribution in [0.25, 0.3) is 0 Å².